The van der Waals surface area contributed by atoms with E-state index in [-0.39, 0.29) is 4.90 Å². The van der Waals surface area contributed by atoms with Gasteiger partial charge < -0.3 is 10.1 Å². The van der Waals surface area contributed by atoms with Gasteiger partial charge in [-0.2, -0.15) is 17.9 Å². The quantitative estimate of drug-likeness (QED) is 0.613. The number of rotatable bonds is 8. The van der Waals surface area contributed by atoms with Gasteiger partial charge in [0, 0.05) is 5.02 Å². The summed E-state index contributed by atoms with van der Waals surface area (Å²) in [6, 6.07) is 3.82. The molecule has 0 radical (unpaired) electrons. The van der Waals surface area contributed by atoms with Crippen LogP contribution in [0.3, 0.4) is 0 Å². The zero-order chi connectivity index (χ0) is 20.8. The second kappa shape index (κ2) is 9.38. The molecule has 0 aliphatic heterocycles. The Morgan fingerprint density at radius 3 is 2.22 bits per heavy atom. The predicted octanol–water partition coefficient (Wildman–Crippen LogP) is 1.86. The molecule has 0 aromatic heterocycles. The zero-order valence-corrected chi connectivity index (χ0v) is 15.9. The third-order valence-electron chi connectivity index (χ3n) is 3.16. The molecule has 1 aromatic carbocycles. The molecular formula is C15H18ClF3N2O5S. The molecule has 0 spiro atoms. The third-order valence-corrected chi connectivity index (χ3v) is 4.87. The molecule has 7 nitrogen and oxygen atoms in total. The minimum atomic E-state index is -4.60. The summed E-state index contributed by atoms with van der Waals surface area (Å²) in [5, 5.41) is 1.85. The lowest BCUT2D eigenvalue weighted by molar-refractivity contribution is -0.153. The predicted molar refractivity (Wildman–Crippen MR) is 90.4 cm³/mol. The standard InChI is InChI=1S/C15H18ClF3N2O5S/c1-9(2)13(14(23)26-7-12(22)20-8-15(17,18)19)21-27(24,25)11-5-3-10(16)4-6-11/h3-6,9,13,21H,7-8H2,1-2H3,(H,20,22). The Morgan fingerprint density at radius 1 is 1.19 bits per heavy atom. The molecule has 1 atom stereocenters. The number of amides is 1. The van der Waals surface area contributed by atoms with E-state index >= 15 is 0 Å². The maximum Gasteiger partial charge on any atom is 0.405 e. The van der Waals surface area contributed by atoms with Crippen LogP contribution in [0.5, 0.6) is 0 Å². The summed E-state index contributed by atoms with van der Waals surface area (Å²) in [5.41, 5.74) is 0. The van der Waals surface area contributed by atoms with Crippen molar-refractivity contribution in [1.29, 1.82) is 0 Å². The molecule has 0 aliphatic carbocycles. The monoisotopic (exact) mass is 430 g/mol. The minimum Gasteiger partial charge on any atom is -0.454 e. The topological polar surface area (TPSA) is 102 Å². The second-order valence-corrected chi connectivity index (χ2v) is 7.95. The van der Waals surface area contributed by atoms with E-state index in [0.29, 0.717) is 5.02 Å². The van der Waals surface area contributed by atoms with E-state index in [2.05, 4.69) is 9.46 Å². The highest BCUT2D eigenvalue weighted by Crippen LogP contribution is 2.16. The van der Waals surface area contributed by atoms with Crippen molar-refractivity contribution in [3.05, 3.63) is 29.3 Å². The van der Waals surface area contributed by atoms with E-state index in [4.69, 9.17) is 11.6 Å². The average Bonchev–Trinajstić information content (AvgIpc) is 2.55. The highest BCUT2D eigenvalue weighted by Gasteiger charge is 2.31. The van der Waals surface area contributed by atoms with Gasteiger partial charge in [0.05, 0.1) is 4.90 Å². The number of ether oxygens (including phenoxy) is 1. The van der Waals surface area contributed by atoms with Crippen LogP contribution in [0.25, 0.3) is 0 Å². The lowest BCUT2D eigenvalue weighted by Gasteiger charge is -2.20. The van der Waals surface area contributed by atoms with Crippen molar-refractivity contribution >= 4 is 33.5 Å². The van der Waals surface area contributed by atoms with Crippen molar-refractivity contribution in [1.82, 2.24) is 10.0 Å². The summed E-state index contributed by atoms with van der Waals surface area (Å²) in [6.07, 6.45) is -4.60. The minimum absolute atomic E-state index is 0.145. The van der Waals surface area contributed by atoms with Gasteiger partial charge in [-0.3, -0.25) is 9.59 Å². The van der Waals surface area contributed by atoms with Crippen LogP contribution in [0.15, 0.2) is 29.2 Å². The Kier molecular flexibility index (Phi) is 8.05. The molecule has 1 amide bonds. The zero-order valence-electron chi connectivity index (χ0n) is 14.3. The highest BCUT2D eigenvalue weighted by molar-refractivity contribution is 7.89. The third kappa shape index (κ3) is 8.14. The van der Waals surface area contributed by atoms with Crippen LogP contribution in [-0.4, -0.2) is 45.7 Å². The van der Waals surface area contributed by atoms with Gasteiger partial charge in [0.1, 0.15) is 12.6 Å². The first-order valence-electron chi connectivity index (χ1n) is 7.60. The maximum absolute atomic E-state index is 12.3. The molecule has 0 fully saturated rings. The van der Waals surface area contributed by atoms with Crippen LogP contribution in [0.2, 0.25) is 5.02 Å². The lowest BCUT2D eigenvalue weighted by atomic mass is 10.1. The number of hydrogen-bond acceptors (Lipinski definition) is 5. The summed E-state index contributed by atoms with van der Waals surface area (Å²) in [5.74, 6) is -2.81. The fourth-order valence-electron chi connectivity index (χ4n) is 1.78. The molecule has 1 aromatic rings. The smallest absolute Gasteiger partial charge is 0.405 e. The maximum atomic E-state index is 12.3. The number of benzene rings is 1. The molecule has 0 heterocycles. The van der Waals surface area contributed by atoms with Crippen molar-refractivity contribution < 1.29 is 35.9 Å². The van der Waals surface area contributed by atoms with Crippen LogP contribution in [0.1, 0.15) is 13.8 Å². The van der Waals surface area contributed by atoms with Gasteiger partial charge >= 0.3 is 12.1 Å². The Hall–Kier alpha value is -1.85. The Labute approximate surface area is 159 Å². The fraction of sp³-hybridized carbons (Fsp3) is 0.467. The molecule has 0 saturated heterocycles. The number of halogens is 4. The van der Waals surface area contributed by atoms with E-state index in [9.17, 15) is 31.2 Å². The van der Waals surface area contributed by atoms with Gasteiger partial charge in [-0.25, -0.2) is 8.42 Å². The van der Waals surface area contributed by atoms with Crippen molar-refractivity contribution in [2.24, 2.45) is 5.92 Å². The summed E-state index contributed by atoms with van der Waals surface area (Å²) < 4.78 is 67.5. The SMILES string of the molecule is CC(C)C(NS(=O)(=O)c1ccc(Cl)cc1)C(=O)OCC(=O)NCC(F)(F)F. The summed E-state index contributed by atoms with van der Waals surface area (Å²) in [6.45, 7) is 0.515. The van der Waals surface area contributed by atoms with Crippen LogP contribution in [-0.2, 0) is 24.3 Å². The van der Waals surface area contributed by atoms with E-state index < -0.39 is 53.2 Å². The second-order valence-electron chi connectivity index (χ2n) is 5.80. The summed E-state index contributed by atoms with van der Waals surface area (Å²) >= 11 is 5.70. The normalized spacial score (nSPS) is 13.3. The first-order valence-corrected chi connectivity index (χ1v) is 9.46. The van der Waals surface area contributed by atoms with Gasteiger partial charge in [0.25, 0.3) is 5.91 Å². The largest absolute Gasteiger partial charge is 0.454 e. The molecule has 152 valence electrons. The fourth-order valence-corrected chi connectivity index (χ4v) is 3.24. The van der Waals surface area contributed by atoms with E-state index in [1.54, 1.807) is 0 Å². The average molecular weight is 431 g/mol. The molecule has 0 bridgehead atoms. The highest BCUT2D eigenvalue weighted by atomic mass is 35.5. The van der Waals surface area contributed by atoms with Crippen LogP contribution in [0, 0.1) is 5.92 Å². The van der Waals surface area contributed by atoms with Gasteiger partial charge in [-0.05, 0) is 30.2 Å². The summed E-state index contributed by atoms with van der Waals surface area (Å²) in [7, 11) is -4.09. The number of carbonyl (C=O) groups excluding carboxylic acids is 2. The molecule has 1 rings (SSSR count). The number of hydrogen-bond donors (Lipinski definition) is 2. The number of alkyl halides is 3. The van der Waals surface area contributed by atoms with Crippen LogP contribution < -0.4 is 10.0 Å². The first-order chi connectivity index (χ1) is 12.3. The number of carbonyl (C=O) groups is 2. The van der Waals surface area contributed by atoms with E-state index in [1.165, 1.54) is 43.4 Å². The number of nitrogens with one attached hydrogen (secondary N) is 2. The molecule has 0 aliphatic rings. The summed E-state index contributed by atoms with van der Waals surface area (Å²) in [4.78, 5) is 23.2. The first kappa shape index (κ1) is 23.2. The molecule has 0 saturated carbocycles. The van der Waals surface area contributed by atoms with Crippen molar-refractivity contribution in [2.75, 3.05) is 13.2 Å². The Balaban J connectivity index is 2.73. The van der Waals surface area contributed by atoms with Gasteiger partial charge in [-0.15, -0.1) is 0 Å². The van der Waals surface area contributed by atoms with Crippen molar-refractivity contribution in [3.8, 4) is 0 Å². The van der Waals surface area contributed by atoms with E-state index in [1.807, 2.05) is 0 Å². The van der Waals surface area contributed by atoms with Gasteiger partial charge in [-0.1, -0.05) is 25.4 Å². The van der Waals surface area contributed by atoms with E-state index in [0.717, 1.165) is 0 Å². The van der Waals surface area contributed by atoms with Crippen LogP contribution in [0.4, 0.5) is 13.2 Å². The lowest BCUT2D eigenvalue weighted by Crippen LogP contribution is -2.46. The van der Waals surface area contributed by atoms with Gasteiger partial charge in [0.2, 0.25) is 10.0 Å². The van der Waals surface area contributed by atoms with Gasteiger partial charge in [0.15, 0.2) is 6.61 Å². The molecule has 2 N–H and O–H groups in total. The van der Waals surface area contributed by atoms with Crippen molar-refractivity contribution in [3.63, 3.8) is 0 Å². The number of sulfonamides is 1. The van der Waals surface area contributed by atoms with Crippen molar-refractivity contribution in [2.45, 2.75) is 31.0 Å². The molecule has 1 unspecified atom stereocenters. The molecular weight excluding hydrogens is 413 g/mol. The molecule has 27 heavy (non-hydrogen) atoms. The Morgan fingerprint density at radius 2 is 1.74 bits per heavy atom. The van der Waals surface area contributed by atoms with Crippen LogP contribution >= 0.6 is 11.6 Å². The number of esters is 1. The molecule has 12 heteroatoms. The Bertz CT molecular complexity index is 767.